The molecule has 0 aliphatic carbocycles. The number of rotatable bonds is 2. The normalized spacial score (nSPS) is 15.4. The lowest BCUT2D eigenvalue weighted by molar-refractivity contribution is -0.112. The average molecular weight is 354 g/mol. The Hall–Kier alpha value is -3.40. The van der Waals surface area contributed by atoms with Crippen molar-refractivity contribution in [1.82, 2.24) is 0 Å². The molecule has 0 unspecified atom stereocenters. The van der Waals surface area contributed by atoms with Gasteiger partial charge in [0.2, 0.25) is 0 Å². The van der Waals surface area contributed by atoms with Crippen molar-refractivity contribution in [3.8, 4) is 0 Å². The molecule has 0 saturated heterocycles. The third-order valence-electron chi connectivity index (χ3n) is 4.96. The third kappa shape index (κ3) is 2.37. The zero-order valence-corrected chi connectivity index (χ0v) is 15.1. The molecule has 1 aliphatic rings. The van der Waals surface area contributed by atoms with E-state index in [9.17, 15) is 4.79 Å². The van der Waals surface area contributed by atoms with Crippen molar-refractivity contribution in [2.24, 2.45) is 4.99 Å². The molecular formula is C23H18N2O2. The van der Waals surface area contributed by atoms with E-state index in [1.165, 1.54) is 0 Å². The highest BCUT2D eigenvalue weighted by molar-refractivity contribution is 6.54. The lowest BCUT2D eigenvalue weighted by Gasteiger charge is -2.20. The van der Waals surface area contributed by atoms with E-state index < -0.39 is 0 Å². The number of amides is 1. The molecule has 0 fully saturated rings. The van der Waals surface area contributed by atoms with Gasteiger partial charge in [0, 0.05) is 22.4 Å². The van der Waals surface area contributed by atoms with Gasteiger partial charge in [-0.3, -0.25) is 4.79 Å². The monoisotopic (exact) mass is 354 g/mol. The highest BCUT2D eigenvalue weighted by atomic mass is 16.3. The highest BCUT2D eigenvalue weighted by Gasteiger charge is 2.35. The van der Waals surface area contributed by atoms with Crippen LogP contribution in [-0.4, -0.2) is 17.7 Å². The minimum atomic E-state index is -0.0525. The lowest BCUT2D eigenvalue weighted by atomic mass is 10.1. The molecule has 4 aromatic rings. The quantitative estimate of drug-likeness (QED) is 0.480. The Bertz CT molecular complexity index is 1230. The van der Waals surface area contributed by atoms with Crippen LogP contribution in [0.15, 0.2) is 76.1 Å². The summed E-state index contributed by atoms with van der Waals surface area (Å²) in [6, 6.07) is 21.6. The van der Waals surface area contributed by atoms with Crippen LogP contribution >= 0.6 is 0 Å². The second-order valence-electron chi connectivity index (χ2n) is 7.03. The number of aliphatic imine (C=N–C) groups is 1. The summed E-state index contributed by atoms with van der Waals surface area (Å²) in [7, 11) is 0. The molecule has 0 bridgehead atoms. The number of furan rings is 1. The Labute approximate surface area is 156 Å². The average Bonchev–Trinajstić information content (AvgIpc) is 3.17. The Morgan fingerprint density at radius 2 is 1.63 bits per heavy atom. The van der Waals surface area contributed by atoms with E-state index in [-0.39, 0.29) is 11.9 Å². The van der Waals surface area contributed by atoms with Crippen molar-refractivity contribution in [3.05, 3.63) is 72.3 Å². The summed E-state index contributed by atoms with van der Waals surface area (Å²) >= 11 is 0. The van der Waals surface area contributed by atoms with Gasteiger partial charge < -0.3 is 9.32 Å². The van der Waals surface area contributed by atoms with Crippen LogP contribution in [0.4, 0.5) is 11.4 Å². The first kappa shape index (κ1) is 15.8. The minimum absolute atomic E-state index is 0.0525. The second-order valence-corrected chi connectivity index (χ2v) is 7.03. The van der Waals surface area contributed by atoms with Crippen LogP contribution in [0, 0.1) is 0 Å². The first-order valence-electron chi connectivity index (χ1n) is 9.06. The molecule has 4 nitrogen and oxygen atoms in total. The van der Waals surface area contributed by atoms with Crippen molar-refractivity contribution in [2.75, 3.05) is 4.90 Å². The summed E-state index contributed by atoms with van der Waals surface area (Å²) < 4.78 is 5.88. The number of anilines is 1. The smallest absolute Gasteiger partial charge is 0.277 e. The van der Waals surface area contributed by atoms with E-state index in [0.717, 1.165) is 38.9 Å². The summed E-state index contributed by atoms with van der Waals surface area (Å²) in [5.74, 6) is -0.0525. The highest BCUT2D eigenvalue weighted by Crippen LogP contribution is 2.34. The molecule has 0 N–H and O–H groups in total. The van der Waals surface area contributed by atoms with Crippen molar-refractivity contribution < 1.29 is 9.21 Å². The van der Waals surface area contributed by atoms with Gasteiger partial charge in [0.15, 0.2) is 0 Å². The second kappa shape index (κ2) is 5.81. The van der Waals surface area contributed by atoms with Crippen LogP contribution in [0.25, 0.3) is 21.9 Å². The Morgan fingerprint density at radius 3 is 2.48 bits per heavy atom. The van der Waals surface area contributed by atoms with Crippen molar-refractivity contribution >= 4 is 44.9 Å². The molecule has 132 valence electrons. The molecular weight excluding hydrogens is 336 g/mol. The fraction of sp³-hybridized carbons (Fsp3) is 0.130. The number of benzene rings is 3. The van der Waals surface area contributed by atoms with E-state index in [1.807, 2.05) is 80.6 Å². The lowest BCUT2D eigenvalue weighted by Crippen LogP contribution is -2.35. The molecule has 27 heavy (non-hydrogen) atoms. The Balaban J connectivity index is 1.68. The van der Waals surface area contributed by atoms with Gasteiger partial charge in [0.05, 0.1) is 11.4 Å². The molecule has 3 aromatic carbocycles. The predicted octanol–water partition coefficient (Wildman–Crippen LogP) is 5.46. The van der Waals surface area contributed by atoms with Gasteiger partial charge in [0.1, 0.15) is 16.9 Å². The van der Waals surface area contributed by atoms with Crippen LogP contribution in [0.5, 0.6) is 0 Å². The Kier molecular flexibility index (Phi) is 3.41. The maximum atomic E-state index is 13.0. The van der Waals surface area contributed by atoms with Crippen LogP contribution in [0.1, 0.15) is 19.4 Å². The fourth-order valence-corrected chi connectivity index (χ4v) is 3.76. The van der Waals surface area contributed by atoms with Gasteiger partial charge in [0.25, 0.3) is 5.91 Å². The van der Waals surface area contributed by atoms with Crippen molar-refractivity contribution in [1.29, 1.82) is 0 Å². The predicted molar refractivity (Wildman–Crippen MR) is 109 cm³/mol. The number of hydrogen-bond acceptors (Lipinski definition) is 3. The topological polar surface area (TPSA) is 45.8 Å². The number of carbonyl (C=O) groups is 1. The standard InChI is InChI=1S/C23H18N2O2/c1-14(2)25-19-9-5-3-8-17(19)22(23(25)26)24-15-11-12-21-18(13-15)16-7-4-6-10-20(16)27-21/h3-14H,1-2H3. The SMILES string of the molecule is CC(C)N1C(=O)C(=Nc2ccc3oc4ccccc4c3c2)c2ccccc21. The molecule has 0 saturated carbocycles. The summed E-state index contributed by atoms with van der Waals surface area (Å²) in [6.45, 7) is 4.03. The number of carbonyl (C=O) groups excluding carboxylic acids is 1. The molecule has 5 rings (SSSR count). The molecule has 0 radical (unpaired) electrons. The van der Waals surface area contributed by atoms with Crippen LogP contribution < -0.4 is 4.90 Å². The largest absolute Gasteiger partial charge is 0.456 e. The van der Waals surface area contributed by atoms with E-state index in [4.69, 9.17) is 9.41 Å². The molecule has 4 heteroatoms. The van der Waals surface area contributed by atoms with E-state index >= 15 is 0 Å². The van der Waals surface area contributed by atoms with Crippen LogP contribution in [0.2, 0.25) is 0 Å². The summed E-state index contributed by atoms with van der Waals surface area (Å²) in [5.41, 5.74) is 4.72. The van der Waals surface area contributed by atoms with E-state index in [0.29, 0.717) is 5.71 Å². The number of para-hydroxylation sites is 2. The first-order valence-corrected chi connectivity index (χ1v) is 9.06. The van der Waals surface area contributed by atoms with Gasteiger partial charge >= 0.3 is 0 Å². The van der Waals surface area contributed by atoms with Gasteiger partial charge in [-0.25, -0.2) is 4.99 Å². The van der Waals surface area contributed by atoms with Crippen molar-refractivity contribution in [2.45, 2.75) is 19.9 Å². The molecule has 2 heterocycles. The maximum absolute atomic E-state index is 13.0. The molecule has 1 aromatic heterocycles. The fourth-order valence-electron chi connectivity index (χ4n) is 3.76. The number of fused-ring (bicyclic) bond motifs is 4. The molecule has 1 aliphatic heterocycles. The molecule has 0 atom stereocenters. The summed E-state index contributed by atoms with van der Waals surface area (Å²) in [6.07, 6.45) is 0. The maximum Gasteiger partial charge on any atom is 0.277 e. The zero-order valence-electron chi connectivity index (χ0n) is 15.1. The summed E-state index contributed by atoms with van der Waals surface area (Å²) in [5, 5.41) is 2.06. The first-order chi connectivity index (χ1) is 13.1. The minimum Gasteiger partial charge on any atom is -0.456 e. The van der Waals surface area contributed by atoms with Crippen LogP contribution in [-0.2, 0) is 4.79 Å². The van der Waals surface area contributed by atoms with E-state index in [1.54, 1.807) is 4.90 Å². The van der Waals surface area contributed by atoms with Crippen LogP contribution in [0.3, 0.4) is 0 Å². The molecule has 0 spiro atoms. The van der Waals surface area contributed by atoms with Gasteiger partial charge in [-0.15, -0.1) is 0 Å². The van der Waals surface area contributed by atoms with Crippen molar-refractivity contribution in [3.63, 3.8) is 0 Å². The number of nitrogens with zero attached hydrogens (tertiary/aromatic N) is 2. The third-order valence-corrected chi connectivity index (χ3v) is 4.96. The Morgan fingerprint density at radius 1 is 0.889 bits per heavy atom. The summed E-state index contributed by atoms with van der Waals surface area (Å²) in [4.78, 5) is 19.5. The zero-order chi connectivity index (χ0) is 18.5. The number of hydrogen-bond donors (Lipinski definition) is 0. The van der Waals surface area contributed by atoms with Gasteiger partial charge in [-0.2, -0.15) is 0 Å². The van der Waals surface area contributed by atoms with Gasteiger partial charge in [-0.05, 0) is 44.2 Å². The molecule has 1 amide bonds. The van der Waals surface area contributed by atoms with Gasteiger partial charge in [-0.1, -0.05) is 36.4 Å². The van der Waals surface area contributed by atoms with E-state index in [2.05, 4.69) is 0 Å².